The van der Waals surface area contributed by atoms with Gasteiger partial charge in [0.25, 0.3) is 5.91 Å². The van der Waals surface area contributed by atoms with Gasteiger partial charge < -0.3 is 9.47 Å². The smallest absolute Gasteiger partial charge is 0.259 e. The summed E-state index contributed by atoms with van der Waals surface area (Å²) in [6, 6.07) is 15.9. The molecule has 1 aliphatic carbocycles. The molecule has 3 aromatic rings. The van der Waals surface area contributed by atoms with E-state index in [-0.39, 0.29) is 17.4 Å². The summed E-state index contributed by atoms with van der Waals surface area (Å²) in [4.78, 5) is 33.5. The van der Waals surface area contributed by atoms with Crippen molar-refractivity contribution in [2.45, 2.75) is 52.1 Å². The van der Waals surface area contributed by atoms with E-state index in [0.717, 1.165) is 47.6 Å². The number of aryl methyl sites for hydroxylation is 2. The van der Waals surface area contributed by atoms with Crippen molar-refractivity contribution in [3.63, 3.8) is 0 Å². The highest BCUT2D eigenvalue weighted by Gasteiger charge is 2.41. The van der Waals surface area contributed by atoms with Gasteiger partial charge in [0.05, 0.1) is 12.2 Å². The zero-order valence-electron chi connectivity index (χ0n) is 18.8. The van der Waals surface area contributed by atoms with Crippen LogP contribution in [0.15, 0.2) is 59.5 Å². The van der Waals surface area contributed by atoms with Crippen molar-refractivity contribution in [2.24, 2.45) is 5.92 Å². The van der Waals surface area contributed by atoms with Gasteiger partial charge in [-0.1, -0.05) is 30.3 Å². The van der Waals surface area contributed by atoms with E-state index in [1.165, 1.54) is 6.42 Å². The number of carbonyl (C=O) groups is 1. The Labute approximate surface area is 188 Å². The second-order valence-corrected chi connectivity index (χ2v) is 9.27. The van der Waals surface area contributed by atoms with E-state index in [4.69, 9.17) is 0 Å². The molecule has 2 bridgehead atoms. The fourth-order valence-corrected chi connectivity index (χ4v) is 5.42. The largest absolute Gasteiger partial charge is 0.342 e. The highest BCUT2D eigenvalue weighted by molar-refractivity contribution is 5.96. The van der Waals surface area contributed by atoms with Gasteiger partial charge >= 0.3 is 0 Å². The first-order chi connectivity index (χ1) is 15.5. The van der Waals surface area contributed by atoms with Crippen LogP contribution in [0.4, 0.5) is 0 Å². The van der Waals surface area contributed by atoms with Gasteiger partial charge in [-0.15, -0.1) is 0 Å². The molecule has 0 spiro atoms. The highest BCUT2D eigenvalue weighted by Crippen LogP contribution is 2.38. The van der Waals surface area contributed by atoms with Crippen LogP contribution in [-0.2, 0) is 13.0 Å². The minimum Gasteiger partial charge on any atom is -0.342 e. The van der Waals surface area contributed by atoms with Crippen molar-refractivity contribution in [3.8, 4) is 0 Å². The van der Waals surface area contributed by atoms with Gasteiger partial charge in [-0.2, -0.15) is 0 Å². The fourth-order valence-electron chi connectivity index (χ4n) is 5.42. The molecule has 0 radical (unpaired) electrons. The van der Waals surface area contributed by atoms with E-state index >= 15 is 0 Å². The number of aromatic nitrogens is 2. The summed E-state index contributed by atoms with van der Waals surface area (Å²) in [7, 11) is 0. The molecule has 1 amide bonds. The monoisotopic (exact) mass is 427 g/mol. The highest BCUT2D eigenvalue weighted by atomic mass is 16.2. The van der Waals surface area contributed by atoms with Gasteiger partial charge in [0, 0.05) is 42.7 Å². The first-order valence-electron chi connectivity index (χ1n) is 11.5. The number of hydrogen-bond acceptors (Lipinski definition) is 3. The molecule has 0 unspecified atom stereocenters. The summed E-state index contributed by atoms with van der Waals surface area (Å²) < 4.78 is 2.11. The molecule has 0 N–H and O–H groups in total. The molecule has 5 nitrogen and oxygen atoms in total. The maximum absolute atomic E-state index is 13.8. The van der Waals surface area contributed by atoms with Crippen LogP contribution in [0.1, 0.15) is 57.8 Å². The van der Waals surface area contributed by atoms with Crippen molar-refractivity contribution in [1.82, 2.24) is 14.5 Å². The minimum atomic E-state index is -0.170. The van der Waals surface area contributed by atoms with Crippen LogP contribution in [0.2, 0.25) is 0 Å². The number of pyridine rings is 2. The predicted molar refractivity (Wildman–Crippen MR) is 125 cm³/mol. The first kappa shape index (κ1) is 20.7. The Morgan fingerprint density at radius 1 is 1.09 bits per heavy atom. The molecule has 164 valence electrons. The normalized spacial score (nSPS) is 19.5. The van der Waals surface area contributed by atoms with E-state index in [2.05, 4.69) is 28.6 Å². The number of fused-ring (bicyclic) bond motifs is 2. The lowest BCUT2D eigenvalue weighted by atomic mass is 9.98. The number of likely N-dealkylation sites (tertiary alicyclic amines) is 1. The molecule has 2 aromatic heterocycles. The number of benzene rings is 1. The summed E-state index contributed by atoms with van der Waals surface area (Å²) >= 11 is 0. The van der Waals surface area contributed by atoms with Gasteiger partial charge in [-0.05, 0) is 62.3 Å². The number of rotatable bonds is 5. The average Bonchev–Trinajstić information content (AvgIpc) is 3.42. The van der Waals surface area contributed by atoms with Gasteiger partial charge in [0.1, 0.15) is 5.56 Å². The van der Waals surface area contributed by atoms with Crippen molar-refractivity contribution >= 4 is 5.91 Å². The second-order valence-electron chi connectivity index (χ2n) is 9.27. The third kappa shape index (κ3) is 3.77. The van der Waals surface area contributed by atoms with Crippen molar-refractivity contribution in [1.29, 1.82) is 0 Å². The van der Waals surface area contributed by atoms with Crippen molar-refractivity contribution < 1.29 is 4.79 Å². The Hall–Kier alpha value is -3.21. The summed E-state index contributed by atoms with van der Waals surface area (Å²) in [5.41, 5.74) is 5.00. The molecule has 5 heteroatoms. The number of nitrogens with zero attached hydrogens (tertiary/aromatic N) is 3. The molecule has 1 saturated carbocycles. The minimum absolute atomic E-state index is 0.0967. The quantitative estimate of drug-likeness (QED) is 0.615. The van der Waals surface area contributed by atoms with Gasteiger partial charge in [0.2, 0.25) is 0 Å². The second kappa shape index (κ2) is 8.38. The zero-order valence-corrected chi connectivity index (χ0v) is 18.8. The van der Waals surface area contributed by atoms with Crippen LogP contribution in [-0.4, -0.2) is 32.9 Å². The number of amides is 1. The Balaban J connectivity index is 1.64. The molecule has 32 heavy (non-hydrogen) atoms. The van der Waals surface area contributed by atoms with Crippen LogP contribution >= 0.6 is 0 Å². The van der Waals surface area contributed by atoms with E-state index in [0.29, 0.717) is 24.4 Å². The molecule has 2 fully saturated rings. The predicted octanol–water partition coefficient (Wildman–Crippen LogP) is 4.12. The van der Waals surface area contributed by atoms with E-state index in [1.807, 2.05) is 42.2 Å². The van der Waals surface area contributed by atoms with Crippen LogP contribution in [0.5, 0.6) is 0 Å². The Morgan fingerprint density at radius 3 is 2.59 bits per heavy atom. The van der Waals surface area contributed by atoms with Crippen LogP contribution in [0.3, 0.4) is 0 Å². The molecule has 1 aromatic carbocycles. The Morgan fingerprint density at radius 2 is 1.91 bits per heavy atom. The summed E-state index contributed by atoms with van der Waals surface area (Å²) in [6.07, 6.45) is 5.65. The van der Waals surface area contributed by atoms with Crippen LogP contribution in [0, 0.1) is 19.8 Å². The maximum atomic E-state index is 13.8. The van der Waals surface area contributed by atoms with Crippen LogP contribution in [0.25, 0.3) is 0 Å². The average molecular weight is 428 g/mol. The lowest BCUT2D eigenvalue weighted by Gasteiger charge is -2.29. The van der Waals surface area contributed by atoms with Gasteiger partial charge in [-0.25, -0.2) is 0 Å². The van der Waals surface area contributed by atoms with Crippen molar-refractivity contribution in [2.75, 3.05) is 6.54 Å². The summed E-state index contributed by atoms with van der Waals surface area (Å²) in [5, 5.41) is 0. The Kier molecular flexibility index (Phi) is 5.41. The third-order valence-electron chi connectivity index (χ3n) is 7.18. The van der Waals surface area contributed by atoms with Crippen LogP contribution < -0.4 is 5.43 Å². The number of carbonyl (C=O) groups excluding carboxylic acids is 1. The Bertz CT molecular complexity index is 1220. The third-order valence-corrected chi connectivity index (χ3v) is 7.18. The van der Waals surface area contributed by atoms with E-state index in [9.17, 15) is 9.59 Å². The standard InChI is InChI=1S/C27H29N3O2/c1-18-7-3-4-8-21(18)15-24-26(27(32)30-16-20-10-11-23(30)14-20)25(31)13-19(2)29(24)17-22-9-5-6-12-28-22/h3-9,12-13,20,23H,10-11,14-17H2,1-2H3/t20-,23-/m0/s1. The zero-order chi connectivity index (χ0) is 22.2. The number of hydrogen-bond donors (Lipinski definition) is 0. The summed E-state index contributed by atoms with van der Waals surface area (Å²) in [6.45, 7) is 5.33. The fraction of sp³-hybridized carbons (Fsp3) is 0.370. The lowest BCUT2D eigenvalue weighted by molar-refractivity contribution is 0.0700. The molecule has 1 aliphatic heterocycles. The lowest BCUT2D eigenvalue weighted by Crippen LogP contribution is -2.41. The topological polar surface area (TPSA) is 55.2 Å². The maximum Gasteiger partial charge on any atom is 0.259 e. The van der Waals surface area contributed by atoms with E-state index in [1.54, 1.807) is 12.3 Å². The molecule has 3 heterocycles. The number of piperidine rings is 1. The first-order valence-corrected chi connectivity index (χ1v) is 11.5. The summed E-state index contributed by atoms with van der Waals surface area (Å²) in [5.74, 6) is 0.491. The van der Waals surface area contributed by atoms with Gasteiger partial charge in [0.15, 0.2) is 5.43 Å². The SMILES string of the molecule is Cc1ccccc1Cc1c(C(=O)N2C[C@H]3CC[C@H]2C3)c(=O)cc(C)n1Cc1ccccn1. The van der Waals surface area contributed by atoms with E-state index < -0.39 is 0 Å². The molecular weight excluding hydrogens is 398 g/mol. The molecular formula is C27H29N3O2. The molecule has 2 atom stereocenters. The molecule has 5 rings (SSSR count). The van der Waals surface area contributed by atoms with Gasteiger partial charge in [-0.3, -0.25) is 14.6 Å². The molecule has 1 saturated heterocycles. The molecule has 2 aliphatic rings. The van der Waals surface area contributed by atoms with Crippen molar-refractivity contribution in [3.05, 3.63) is 98.7 Å².